The fourth-order valence-electron chi connectivity index (χ4n) is 4.86. The van der Waals surface area contributed by atoms with Crippen LogP contribution in [0.15, 0.2) is 36.4 Å². The third-order valence-electron chi connectivity index (χ3n) is 6.40. The van der Waals surface area contributed by atoms with Gasteiger partial charge in [0.05, 0.1) is 12.6 Å². The van der Waals surface area contributed by atoms with Gasteiger partial charge in [-0.05, 0) is 74.5 Å². The highest BCUT2D eigenvalue weighted by Gasteiger charge is 2.33. The molecule has 0 spiro atoms. The minimum atomic E-state index is -0.0629. The van der Waals surface area contributed by atoms with E-state index in [4.69, 9.17) is 9.47 Å². The van der Waals surface area contributed by atoms with E-state index in [1.165, 1.54) is 16.8 Å². The van der Waals surface area contributed by atoms with Gasteiger partial charge in [-0.1, -0.05) is 12.1 Å². The molecule has 2 aliphatic heterocycles. The number of unbranched alkanes of at least 4 members (excludes halogenated alkanes) is 1. The van der Waals surface area contributed by atoms with Gasteiger partial charge < -0.3 is 24.5 Å². The molecule has 4 rings (SSSR count). The molecule has 1 unspecified atom stereocenters. The van der Waals surface area contributed by atoms with Crippen LogP contribution in [-0.2, 0) is 17.6 Å². The Balaban J connectivity index is 1.17. The lowest BCUT2D eigenvalue weighted by molar-refractivity contribution is -0.108. The number of aldehydes is 1. The number of carbonyl (C=O) groups is 2. The topological polar surface area (TPSA) is 67.9 Å². The summed E-state index contributed by atoms with van der Waals surface area (Å²) in [4.78, 5) is 26.5. The minimum Gasteiger partial charge on any atom is -0.490 e. The molecule has 0 saturated heterocycles. The van der Waals surface area contributed by atoms with Crippen molar-refractivity contribution in [1.29, 1.82) is 0 Å². The van der Waals surface area contributed by atoms with Crippen molar-refractivity contribution in [2.75, 3.05) is 37.7 Å². The van der Waals surface area contributed by atoms with Gasteiger partial charge in [0.15, 0.2) is 17.3 Å². The normalized spacial score (nSPS) is 16.4. The number of nitrogens with one attached hydrogen (secondary N) is 1. The zero-order valence-electron chi connectivity index (χ0n) is 19.5. The number of nitrogens with zero attached hydrogens (tertiary/aromatic N) is 1. The third kappa shape index (κ3) is 5.56. The quantitative estimate of drug-likeness (QED) is 0.283. The highest BCUT2D eigenvalue weighted by Crippen LogP contribution is 2.39. The van der Waals surface area contributed by atoms with Gasteiger partial charge in [-0.3, -0.25) is 4.79 Å². The molecule has 0 bridgehead atoms. The molecule has 2 aliphatic rings. The van der Waals surface area contributed by atoms with E-state index in [0.29, 0.717) is 19.6 Å². The molecule has 6 nitrogen and oxygen atoms in total. The molecule has 2 heterocycles. The van der Waals surface area contributed by atoms with Crippen LogP contribution in [0.5, 0.6) is 11.5 Å². The zero-order chi connectivity index (χ0) is 23.0. The minimum absolute atomic E-state index is 0.0629. The summed E-state index contributed by atoms with van der Waals surface area (Å²) in [7, 11) is 0. The Hall–Kier alpha value is -2.86. The van der Waals surface area contributed by atoms with Crippen LogP contribution in [0, 0.1) is 0 Å². The number of hydrogen-bond donors (Lipinski definition) is 1. The second-order valence-corrected chi connectivity index (χ2v) is 8.71. The number of benzene rings is 2. The summed E-state index contributed by atoms with van der Waals surface area (Å²) in [6, 6.07) is 11.7. The van der Waals surface area contributed by atoms with Crippen molar-refractivity contribution in [2.24, 2.45) is 0 Å². The van der Waals surface area contributed by atoms with Crippen molar-refractivity contribution in [3.05, 3.63) is 53.1 Å². The third-order valence-corrected chi connectivity index (χ3v) is 6.40. The monoisotopic (exact) mass is 450 g/mol. The Labute approximate surface area is 196 Å². The van der Waals surface area contributed by atoms with E-state index in [1.807, 2.05) is 37.3 Å². The predicted octanol–water partition coefficient (Wildman–Crippen LogP) is 3.98. The van der Waals surface area contributed by atoms with E-state index in [1.54, 1.807) is 0 Å². The van der Waals surface area contributed by atoms with Gasteiger partial charge in [-0.25, -0.2) is 0 Å². The highest BCUT2D eigenvalue weighted by molar-refractivity contribution is 5.97. The molecule has 2 aromatic rings. The predicted molar refractivity (Wildman–Crippen MR) is 130 cm³/mol. The van der Waals surface area contributed by atoms with Gasteiger partial charge in [0.25, 0.3) is 0 Å². The molecule has 0 fully saturated rings. The van der Waals surface area contributed by atoms with Crippen molar-refractivity contribution in [3.8, 4) is 11.5 Å². The van der Waals surface area contributed by atoms with Crippen molar-refractivity contribution in [2.45, 2.75) is 51.5 Å². The van der Waals surface area contributed by atoms with Gasteiger partial charge in [-0.15, -0.1) is 0 Å². The Bertz CT molecular complexity index is 975. The summed E-state index contributed by atoms with van der Waals surface area (Å²) in [5.74, 6) is 1.74. The molecule has 0 saturated carbocycles. The molecule has 1 N–H and O–H groups in total. The summed E-state index contributed by atoms with van der Waals surface area (Å²) in [6.07, 6.45) is 6.17. The average Bonchev–Trinajstić information content (AvgIpc) is 3.21. The van der Waals surface area contributed by atoms with Gasteiger partial charge in [0.2, 0.25) is 0 Å². The van der Waals surface area contributed by atoms with Crippen molar-refractivity contribution >= 4 is 17.8 Å². The maximum absolute atomic E-state index is 12.8. The maximum atomic E-state index is 12.8. The first-order valence-corrected chi connectivity index (χ1v) is 12.2. The van der Waals surface area contributed by atoms with Crippen molar-refractivity contribution in [1.82, 2.24) is 5.32 Å². The number of aryl methyl sites for hydroxylation is 1. The zero-order valence-corrected chi connectivity index (χ0v) is 19.5. The number of carbonyl (C=O) groups excluding carboxylic acids is 2. The fraction of sp³-hybridized carbons (Fsp3) is 0.481. The largest absolute Gasteiger partial charge is 0.490 e. The summed E-state index contributed by atoms with van der Waals surface area (Å²) >= 11 is 0. The van der Waals surface area contributed by atoms with Crippen LogP contribution < -0.4 is 19.7 Å². The van der Waals surface area contributed by atoms with Crippen molar-refractivity contribution < 1.29 is 19.1 Å². The summed E-state index contributed by atoms with van der Waals surface area (Å²) in [5, 5.41) is 3.38. The van der Waals surface area contributed by atoms with E-state index in [9.17, 15) is 9.59 Å². The van der Waals surface area contributed by atoms with Gasteiger partial charge in [-0.2, -0.15) is 0 Å². The number of ether oxygens (including phenoxy) is 2. The molecule has 0 amide bonds. The number of anilines is 1. The lowest BCUT2D eigenvalue weighted by Crippen LogP contribution is -2.36. The SMILES string of the molecule is CCOc1ccccc1OCCNCCCCC(=O)c1cc2c3c(c1)CC(C=O)N3CCC2. The Morgan fingerprint density at radius 3 is 2.70 bits per heavy atom. The molecule has 6 heteroatoms. The van der Waals surface area contributed by atoms with E-state index in [0.717, 1.165) is 75.1 Å². The van der Waals surface area contributed by atoms with E-state index in [2.05, 4.69) is 16.3 Å². The molecule has 1 atom stereocenters. The lowest BCUT2D eigenvalue weighted by Gasteiger charge is -2.30. The second-order valence-electron chi connectivity index (χ2n) is 8.71. The van der Waals surface area contributed by atoms with Gasteiger partial charge >= 0.3 is 0 Å². The first-order valence-electron chi connectivity index (χ1n) is 12.2. The molecular formula is C27H34N2O4. The number of rotatable bonds is 13. The Morgan fingerprint density at radius 1 is 1.12 bits per heavy atom. The lowest BCUT2D eigenvalue weighted by atomic mass is 9.94. The number of hydrogen-bond acceptors (Lipinski definition) is 6. The molecule has 2 aromatic carbocycles. The second kappa shape index (κ2) is 11.3. The fourth-order valence-corrected chi connectivity index (χ4v) is 4.86. The smallest absolute Gasteiger partial charge is 0.162 e. The van der Waals surface area contributed by atoms with Crippen LogP contribution in [-0.4, -0.2) is 51.0 Å². The summed E-state index contributed by atoms with van der Waals surface area (Å²) in [5.41, 5.74) is 4.43. The summed E-state index contributed by atoms with van der Waals surface area (Å²) < 4.78 is 11.4. The molecule has 176 valence electrons. The van der Waals surface area contributed by atoms with E-state index < -0.39 is 0 Å². The average molecular weight is 451 g/mol. The van der Waals surface area contributed by atoms with E-state index in [-0.39, 0.29) is 11.8 Å². The van der Waals surface area contributed by atoms with Crippen LogP contribution in [0.25, 0.3) is 0 Å². The standard InChI is InChI=1S/C27H34N2O4/c1-2-32-25-10-3-4-11-26(25)33-15-13-28-12-6-5-9-24(31)21-16-20-8-7-14-29-23(19-30)18-22(17-21)27(20)29/h3-4,10-11,16-17,19,23,28H,2,5-9,12-15,18H2,1H3. The first-order chi connectivity index (χ1) is 16.2. The van der Waals surface area contributed by atoms with Gasteiger partial charge in [0, 0.05) is 37.2 Å². The van der Waals surface area contributed by atoms with Crippen LogP contribution >= 0.6 is 0 Å². The Morgan fingerprint density at radius 2 is 1.91 bits per heavy atom. The maximum Gasteiger partial charge on any atom is 0.162 e. The van der Waals surface area contributed by atoms with Crippen LogP contribution in [0.3, 0.4) is 0 Å². The van der Waals surface area contributed by atoms with Crippen LogP contribution in [0.1, 0.15) is 54.1 Å². The van der Waals surface area contributed by atoms with Crippen LogP contribution in [0.4, 0.5) is 5.69 Å². The Kier molecular flexibility index (Phi) is 8.00. The first kappa shape index (κ1) is 23.3. The van der Waals surface area contributed by atoms with Gasteiger partial charge in [0.1, 0.15) is 12.9 Å². The van der Waals surface area contributed by atoms with E-state index >= 15 is 0 Å². The molecule has 0 aromatic heterocycles. The molecule has 33 heavy (non-hydrogen) atoms. The number of Topliss-reactive ketones (excluding diaryl/α,β-unsaturated/α-hetero) is 1. The number of para-hydroxylation sites is 2. The highest BCUT2D eigenvalue weighted by atomic mass is 16.5. The molecular weight excluding hydrogens is 416 g/mol. The molecule has 0 radical (unpaired) electrons. The molecule has 0 aliphatic carbocycles. The van der Waals surface area contributed by atoms with Crippen LogP contribution in [0.2, 0.25) is 0 Å². The number of ketones is 1. The van der Waals surface area contributed by atoms with Crippen molar-refractivity contribution in [3.63, 3.8) is 0 Å². The summed E-state index contributed by atoms with van der Waals surface area (Å²) in [6.45, 7) is 5.68.